The lowest BCUT2D eigenvalue weighted by Crippen LogP contribution is -2.50. The van der Waals surface area contributed by atoms with E-state index in [-0.39, 0.29) is 6.03 Å². The van der Waals surface area contributed by atoms with Crippen molar-refractivity contribution < 1.29 is 9.32 Å². The standard InChI is InChI=1S/C16H19BrN4O2/c1-11-9-13(17)3-4-14(11)20-5-7-21(8-6-20)16(22)18-15-10-12(2)23-19-15/h3-4,9-10H,5-8H2,1-2H3,(H,18,19,22). The monoisotopic (exact) mass is 378 g/mol. The second-order valence-electron chi connectivity index (χ2n) is 5.66. The number of benzene rings is 1. The highest BCUT2D eigenvalue weighted by Crippen LogP contribution is 2.25. The lowest BCUT2D eigenvalue weighted by atomic mass is 10.1. The number of hydrogen-bond donors (Lipinski definition) is 1. The number of aryl methyl sites for hydroxylation is 2. The molecule has 1 aromatic carbocycles. The molecule has 6 nitrogen and oxygen atoms in total. The molecule has 0 saturated carbocycles. The molecule has 2 heterocycles. The van der Waals surface area contributed by atoms with E-state index < -0.39 is 0 Å². The molecule has 0 radical (unpaired) electrons. The number of urea groups is 1. The van der Waals surface area contributed by atoms with Crippen LogP contribution >= 0.6 is 15.9 Å². The van der Waals surface area contributed by atoms with Crippen LogP contribution in [0.1, 0.15) is 11.3 Å². The van der Waals surface area contributed by atoms with Crippen molar-refractivity contribution in [2.75, 3.05) is 36.4 Å². The van der Waals surface area contributed by atoms with Crippen molar-refractivity contribution in [3.05, 3.63) is 40.1 Å². The number of nitrogens with one attached hydrogen (secondary N) is 1. The molecule has 7 heteroatoms. The highest BCUT2D eigenvalue weighted by molar-refractivity contribution is 9.10. The average molecular weight is 379 g/mol. The summed E-state index contributed by atoms with van der Waals surface area (Å²) in [5.41, 5.74) is 2.45. The molecular formula is C16H19BrN4O2. The molecule has 2 amide bonds. The van der Waals surface area contributed by atoms with Crippen LogP contribution in [0.3, 0.4) is 0 Å². The lowest BCUT2D eigenvalue weighted by Gasteiger charge is -2.36. The number of anilines is 2. The Kier molecular flexibility index (Phi) is 4.56. The fourth-order valence-corrected chi connectivity index (χ4v) is 3.21. The smallest absolute Gasteiger partial charge is 0.323 e. The fourth-order valence-electron chi connectivity index (χ4n) is 2.74. The highest BCUT2D eigenvalue weighted by Gasteiger charge is 2.22. The van der Waals surface area contributed by atoms with Crippen LogP contribution in [0.4, 0.5) is 16.3 Å². The van der Waals surface area contributed by atoms with Gasteiger partial charge in [-0.1, -0.05) is 21.1 Å². The summed E-state index contributed by atoms with van der Waals surface area (Å²) < 4.78 is 6.04. The summed E-state index contributed by atoms with van der Waals surface area (Å²) in [4.78, 5) is 16.4. The number of nitrogens with zero attached hydrogens (tertiary/aromatic N) is 3. The number of aromatic nitrogens is 1. The number of hydrogen-bond acceptors (Lipinski definition) is 4. The SMILES string of the molecule is Cc1cc(NC(=O)N2CCN(c3ccc(Br)cc3C)CC2)no1. The van der Waals surface area contributed by atoms with Crippen LogP contribution in [0.5, 0.6) is 0 Å². The van der Waals surface area contributed by atoms with Crippen LogP contribution in [-0.2, 0) is 0 Å². The van der Waals surface area contributed by atoms with Gasteiger partial charge < -0.3 is 14.3 Å². The van der Waals surface area contributed by atoms with E-state index in [1.165, 1.54) is 11.3 Å². The quantitative estimate of drug-likeness (QED) is 0.869. The largest absolute Gasteiger partial charge is 0.368 e. The van der Waals surface area contributed by atoms with Crippen LogP contribution in [0.15, 0.2) is 33.3 Å². The van der Waals surface area contributed by atoms with E-state index in [9.17, 15) is 4.79 Å². The topological polar surface area (TPSA) is 61.6 Å². The first-order chi connectivity index (χ1) is 11.0. The number of halogens is 1. The van der Waals surface area contributed by atoms with Gasteiger partial charge in [-0.05, 0) is 37.6 Å². The molecule has 1 N–H and O–H groups in total. The zero-order chi connectivity index (χ0) is 16.4. The van der Waals surface area contributed by atoms with Crippen molar-refractivity contribution >= 4 is 33.5 Å². The first-order valence-corrected chi connectivity index (χ1v) is 8.32. The lowest BCUT2D eigenvalue weighted by molar-refractivity contribution is 0.208. The van der Waals surface area contributed by atoms with Gasteiger partial charge in [-0.15, -0.1) is 0 Å². The minimum atomic E-state index is -0.134. The Morgan fingerprint density at radius 1 is 1.22 bits per heavy atom. The molecule has 0 spiro atoms. The molecule has 23 heavy (non-hydrogen) atoms. The summed E-state index contributed by atoms with van der Waals surface area (Å²) in [6, 6.07) is 7.85. The molecule has 0 aliphatic carbocycles. The zero-order valence-electron chi connectivity index (χ0n) is 13.2. The molecule has 1 aliphatic rings. The summed E-state index contributed by atoms with van der Waals surface area (Å²) in [5.74, 6) is 1.13. The minimum Gasteiger partial charge on any atom is -0.368 e. The third kappa shape index (κ3) is 3.67. The number of amides is 2. The van der Waals surface area contributed by atoms with Gasteiger partial charge in [0.05, 0.1) is 0 Å². The molecule has 2 aromatic rings. The second-order valence-corrected chi connectivity index (χ2v) is 6.57. The van der Waals surface area contributed by atoms with Crippen LogP contribution in [0.2, 0.25) is 0 Å². The first kappa shape index (κ1) is 15.9. The Bertz CT molecular complexity index is 708. The van der Waals surface area contributed by atoms with Crippen molar-refractivity contribution in [1.82, 2.24) is 10.1 Å². The van der Waals surface area contributed by atoms with Crippen molar-refractivity contribution in [1.29, 1.82) is 0 Å². The molecule has 1 aromatic heterocycles. The van der Waals surface area contributed by atoms with Gasteiger partial charge in [0.1, 0.15) is 5.76 Å². The molecule has 3 rings (SSSR count). The maximum absolute atomic E-state index is 12.2. The maximum Gasteiger partial charge on any atom is 0.323 e. The summed E-state index contributed by atoms with van der Waals surface area (Å²) in [6.07, 6.45) is 0. The zero-order valence-corrected chi connectivity index (χ0v) is 14.8. The molecule has 0 unspecified atom stereocenters. The Morgan fingerprint density at radius 2 is 1.96 bits per heavy atom. The van der Waals surface area contributed by atoms with Crippen LogP contribution < -0.4 is 10.2 Å². The molecular weight excluding hydrogens is 360 g/mol. The van der Waals surface area contributed by atoms with Gasteiger partial charge in [0.2, 0.25) is 0 Å². The number of carbonyl (C=O) groups is 1. The molecule has 0 bridgehead atoms. The normalized spacial score (nSPS) is 14.9. The summed E-state index contributed by atoms with van der Waals surface area (Å²) in [5, 5.41) is 6.55. The van der Waals surface area contributed by atoms with Gasteiger partial charge in [0.25, 0.3) is 0 Å². The van der Waals surface area contributed by atoms with E-state index in [4.69, 9.17) is 4.52 Å². The van der Waals surface area contributed by atoms with Gasteiger partial charge in [-0.25, -0.2) is 4.79 Å². The number of rotatable bonds is 2. The summed E-state index contributed by atoms with van der Waals surface area (Å²) >= 11 is 3.49. The van der Waals surface area contributed by atoms with Gasteiger partial charge in [0.15, 0.2) is 5.82 Å². The summed E-state index contributed by atoms with van der Waals surface area (Å²) in [6.45, 7) is 6.88. The molecule has 0 atom stereocenters. The van der Waals surface area contributed by atoms with Gasteiger partial charge in [0, 0.05) is 42.4 Å². The Labute approximate surface area is 143 Å². The van der Waals surface area contributed by atoms with E-state index in [0.29, 0.717) is 24.7 Å². The van der Waals surface area contributed by atoms with Crippen molar-refractivity contribution in [2.24, 2.45) is 0 Å². The van der Waals surface area contributed by atoms with Crippen molar-refractivity contribution in [3.8, 4) is 0 Å². The maximum atomic E-state index is 12.2. The van der Waals surface area contributed by atoms with Crippen LogP contribution in [0.25, 0.3) is 0 Å². The van der Waals surface area contributed by atoms with E-state index >= 15 is 0 Å². The number of piperazine rings is 1. The third-order valence-electron chi connectivity index (χ3n) is 3.93. The second kappa shape index (κ2) is 6.62. The van der Waals surface area contributed by atoms with Gasteiger partial charge >= 0.3 is 6.03 Å². The van der Waals surface area contributed by atoms with Crippen molar-refractivity contribution in [3.63, 3.8) is 0 Å². The molecule has 1 saturated heterocycles. The predicted molar refractivity (Wildman–Crippen MR) is 92.9 cm³/mol. The van der Waals surface area contributed by atoms with E-state index in [1.54, 1.807) is 17.9 Å². The van der Waals surface area contributed by atoms with Gasteiger partial charge in [-0.2, -0.15) is 0 Å². The van der Waals surface area contributed by atoms with E-state index in [2.05, 4.69) is 50.4 Å². The van der Waals surface area contributed by atoms with E-state index in [1.807, 2.05) is 6.07 Å². The third-order valence-corrected chi connectivity index (χ3v) is 4.42. The summed E-state index contributed by atoms with van der Waals surface area (Å²) in [7, 11) is 0. The Morgan fingerprint density at radius 3 is 2.57 bits per heavy atom. The minimum absolute atomic E-state index is 0.134. The first-order valence-electron chi connectivity index (χ1n) is 7.53. The van der Waals surface area contributed by atoms with Crippen LogP contribution in [-0.4, -0.2) is 42.3 Å². The fraction of sp³-hybridized carbons (Fsp3) is 0.375. The van der Waals surface area contributed by atoms with Gasteiger partial charge in [-0.3, -0.25) is 5.32 Å². The molecule has 122 valence electrons. The van der Waals surface area contributed by atoms with Crippen LogP contribution in [0, 0.1) is 13.8 Å². The Balaban J connectivity index is 1.58. The van der Waals surface area contributed by atoms with E-state index in [0.717, 1.165) is 17.6 Å². The molecule has 1 aliphatic heterocycles. The average Bonchev–Trinajstić information content (AvgIpc) is 2.92. The number of carbonyl (C=O) groups excluding carboxylic acids is 1. The van der Waals surface area contributed by atoms with Crippen molar-refractivity contribution in [2.45, 2.75) is 13.8 Å². The highest BCUT2D eigenvalue weighted by atomic mass is 79.9. The molecule has 1 fully saturated rings. The Hall–Kier alpha value is -2.02. The predicted octanol–water partition coefficient (Wildman–Crippen LogP) is 3.41.